The third kappa shape index (κ3) is 5.31. The van der Waals surface area contributed by atoms with Crippen molar-refractivity contribution in [2.75, 3.05) is 23.8 Å². The zero-order valence-corrected chi connectivity index (χ0v) is 19.6. The lowest BCUT2D eigenvalue weighted by atomic mass is 10.1. The summed E-state index contributed by atoms with van der Waals surface area (Å²) >= 11 is 0. The largest absolute Gasteiger partial charge is 0.486 e. The molecule has 3 aromatic rings. The Bertz CT molecular complexity index is 1290. The van der Waals surface area contributed by atoms with Crippen molar-refractivity contribution in [2.24, 2.45) is 0 Å². The SMILES string of the molecule is C[C@H](NC(=O)c1ccc(CN(c2ccccc2F)S(C)(=O)=O)cc1)c1ccc2c(c1)OCCO2. The van der Waals surface area contributed by atoms with Crippen LogP contribution in [0.25, 0.3) is 0 Å². The fourth-order valence-electron chi connectivity index (χ4n) is 3.66. The number of nitrogens with one attached hydrogen (secondary N) is 1. The molecule has 0 unspecified atom stereocenters. The molecule has 9 heteroatoms. The number of rotatable bonds is 7. The van der Waals surface area contributed by atoms with E-state index in [1.165, 1.54) is 18.2 Å². The van der Waals surface area contributed by atoms with E-state index in [2.05, 4.69) is 5.32 Å². The molecule has 0 saturated heterocycles. The van der Waals surface area contributed by atoms with Crippen molar-refractivity contribution in [3.05, 3.63) is 89.2 Å². The van der Waals surface area contributed by atoms with Gasteiger partial charge in [-0.1, -0.05) is 30.3 Å². The molecule has 7 nitrogen and oxygen atoms in total. The van der Waals surface area contributed by atoms with Gasteiger partial charge in [0.15, 0.2) is 11.5 Å². The smallest absolute Gasteiger partial charge is 0.251 e. The van der Waals surface area contributed by atoms with Crippen molar-refractivity contribution in [3.8, 4) is 11.5 Å². The summed E-state index contributed by atoms with van der Waals surface area (Å²) in [7, 11) is -3.72. The number of carbonyl (C=O) groups is 1. The van der Waals surface area contributed by atoms with Gasteiger partial charge >= 0.3 is 0 Å². The molecule has 0 radical (unpaired) electrons. The van der Waals surface area contributed by atoms with Gasteiger partial charge in [-0.15, -0.1) is 0 Å². The minimum Gasteiger partial charge on any atom is -0.486 e. The van der Waals surface area contributed by atoms with Gasteiger partial charge in [-0.05, 0) is 54.4 Å². The van der Waals surface area contributed by atoms with Crippen molar-refractivity contribution < 1.29 is 27.1 Å². The van der Waals surface area contributed by atoms with Gasteiger partial charge in [-0.25, -0.2) is 12.8 Å². The van der Waals surface area contributed by atoms with Crippen LogP contribution in [0.1, 0.15) is 34.5 Å². The number of ether oxygens (including phenoxy) is 2. The number of para-hydroxylation sites is 1. The summed E-state index contributed by atoms with van der Waals surface area (Å²) in [6.45, 7) is 2.80. The predicted octanol–water partition coefficient (Wildman–Crippen LogP) is 4.05. The minimum absolute atomic E-state index is 0.0277. The first kappa shape index (κ1) is 23.6. The molecule has 0 saturated carbocycles. The van der Waals surface area contributed by atoms with E-state index in [1.807, 2.05) is 25.1 Å². The van der Waals surface area contributed by atoms with Gasteiger partial charge in [0, 0.05) is 5.56 Å². The average molecular weight is 485 g/mol. The van der Waals surface area contributed by atoms with E-state index in [0.29, 0.717) is 35.8 Å². The Balaban J connectivity index is 1.45. The number of carbonyl (C=O) groups excluding carboxylic acids is 1. The number of halogens is 1. The van der Waals surface area contributed by atoms with E-state index in [4.69, 9.17) is 9.47 Å². The molecule has 3 aromatic carbocycles. The van der Waals surface area contributed by atoms with E-state index < -0.39 is 15.8 Å². The van der Waals surface area contributed by atoms with Crippen LogP contribution in [0.15, 0.2) is 66.7 Å². The van der Waals surface area contributed by atoms with Gasteiger partial charge < -0.3 is 14.8 Å². The summed E-state index contributed by atoms with van der Waals surface area (Å²) < 4.78 is 50.9. The molecule has 178 valence electrons. The zero-order valence-electron chi connectivity index (χ0n) is 18.8. The molecule has 1 aliphatic heterocycles. The van der Waals surface area contributed by atoms with Crippen LogP contribution in [-0.4, -0.2) is 33.8 Å². The normalized spacial score (nSPS) is 13.7. The molecular formula is C25H25FN2O5S. The fourth-order valence-corrected chi connectivity index (χ4v) is 4.54. The number of nitrogens with zero attached hydrogens (tertiary/aromatic N) is 1. The van der Waals surface area contributed by atoms with E-state index in [1.54, 1.807) is 30.3 Å². The number of sulfonamides is 1. The number of anilines is 1. The maximum absolute atomic E-state index is 14.2. The molecule has 0 spiro atoms. The fraction of sp³-hybridized carbons (Fsp3) is 0.240. The van der Waals surface area contributed by atoms with Gasteiger partial charge in [0.1, 0.15) is 19.0 Å². The minimum atomic E-state index is -3.72. The number of amides is 1. The molecule has 1 aliphatic rings. The molecule has 0 aromatic heterocycles. The van der Waals surface area contributed by atoms with Gasteiger partial charge in [-0.2, -0.15) is 0 Å². The van der Waals surface area contributed by atoms with E-state index in [9.17, 15) is 17.6 Å². The van der Waals surface area contributed by atoms with Gasteiger partial charge in [0.25, 0.3) is 5.91 Å². The predicted molar refractivity (Wildman–Crippen MR) is 127 cm³/mol. The second-order valence-electron chi connectivity index (χ2n) is 8.02. The topological polar surface area (TPSA) is 84.9 Å². The zero-order chi connectivity index (χ0) is 24.3. The molecule has 1 N–H and O–H groups in total. The lowest BCUT2D eigenvalue weighted by Crippen LogP contribution is -2.30. The number of benzene rings is 3. The van der Waals surface area contributed by atoms with E-state index >= 15 is 0 Å². The molecule has 0 fully saturated rings. The first-order valence-electron chi connectivity index (χ1n) is 10.7. The second kappa shape index (κ2) is 9.72. The molecule has 0 aliphatic carbocycles. The van der Waals surface area contributed by atoms with Crippen LogP contribution >= 0.6 is 0 Å². The highest BCUT2D eigenvalue weighted by molar-refractivity contribution is 7.92. The first-order chi connectivity index (χ1) is 16.2. The summed E-state index contributed by atoms with van der Waals surface area (Å²) in [5.74, 6) is 0.433. The van der Waals surface area contributed by atoms with Gasteiger partial charge in [0.2, 0.25) is 10.0 Å². The van der Waals surface area contributed by atoms with Crippen LogP contribution in [0.2, 0.25) is 0 Å². The van der Waals surface area contributed by atoms with Crippen molar-refractivity contribution in [3.63, 3.8) is 0 Å². The Morgan fingerprint density at radius 1 is 1.03 bits per heavy atom. The molecule has 1 amide bonds. The molecule has 1 heterocycles. The quantitative estimate of drug-likeness (QED) is 0.547. The third-order valence-corrected chi connectivity index (χ3v) is 6.60. The number of fused-ring (bicyclic) bond motifs is 1. The Morgan fingerprint density at radius 2 is 1.71 bits per heavy atom. The van der Waals surface area contributed by atoms with Gasteiger partial charge in [0.05, 0.1) is 24.5 Å². The lowest BCUT2D eigenvalue weighted by Gasteiger charge is -2.23. The summed E-state index contributed by atoms with van der Waals surface area (Å²) in [5, 5.41) is 2.95. The molecule has 1 atom stereocenters. The highest BCUT2D eigenvalue weighted by Gasteiger charge is 2.21. The van der Waals surface area contributed by atoms with E-state index in [0.717, 1.165) is 16.1 Å². The molecule has 34 heavy (non-hydrogen) atoms. The highest BCUT2D eigenvalue weighted by atomic mass is 32.2. The highest BCUT2D eigenvalue weighted by Crippen LogP contribution is 2.32. The van der Waals surface area contributed by atoms with Crippen molar-refractivity contribution in [1.82, 2.24) is 5.32 Å². The summed E-state index contributed by atoms with van der Waals surface area (Å²) in [6, 6.07) is 17.5. The standard InChI is InChI=1S/C25H25FN2O5S/c1-17(20-11-12-23-24(15-20)33-14-13-32-23)27-25(29)19-9-7-18(8-10-19)16-28(34(2,30)31)22-6-4-3-5-21(22)26/h3-12,15,17H,13-14,16H2,1-2H3,(H,27,29)/t17-/m0/s1. The van der Waals surface area contributed by atoms with E-state index in [-0.39, 0.29) is 24.2 Å². The Kier molecular flexibility index (Phi) is 6.74. The number of hydrogen-bond acceptors (Lipinski definition) is 5. The third-order valence-electron chi connectivity index (χ3n) is 5.48. The Labute approximate surface area is 198 Å². The van der Waals surface area contributed by atoms with Crippen molar-refractivity contribution >= 4 is 21.6 Å². The van der Waals surface area contributed by atoms with Crippen LogP contribution in [0, 0.1) is 5.82 Å². The van der Waals surface area contributed by atoms with Crippen LogP contribution in [0.3, 0.4) is 0 Å². The lowest BCUT2D eigenvalue weighted by molar-refractivity contribution is 0.0939. The maximum Gasteiger partial charge on any atom is 0.251 e. The number of hydrogen-bond donors (Lipinski definition) is 1. The van der Waals surface area contributed by atoms with Crippen LogP contribution < -0.4 is 19.1 Å². The van der Waals surface area contributed by atoms with Crippen LogP contribution in [0.5, 0.6) is 11.5 Å². The monoisotopic (exact) mass is 484 g/mol. The summed E-state index contributed by atoms with van der Waals surface area (Å²) in [6.07, 6.45) is 1.03. The second-order valence-corrected chi connectivity index (χ2v) is 9.92. The Morgan fingerprint density at radius 3 is 2.38 bits per heavy atom. The van der Waals surface area contributed by atoms with Crippen LogP contribution in [0.4, 0.5) is 10.1 Å². The van der Waals surface area contributed by atoms with Crippen molar-refractivity contribution in [1.29, 1.82) is 0 Å². The van der Waals surface area contributed by atoms with Gasteiger partial charge in [-0.3, -0.25) is 9.10 Å². The summed E-state index contributed by atoms with van der Waals surface area (Å²) in [4.78, 5) is 12.8. The Hall–Kier alpha value is -3.59. The molecule has 4 rings (SSSR count). The first-order valence-corrected chi connectivity index (χ1v) is 12.6. The average Bonchev–Trinajstić information content (AvgIpc) is 2.82. The van der Waals surface area contributed by atoms with Crippen LogP contribution in [-0.2, 0) is 16.6 Å². The van der Waals surface area contributed by atoms with Crippen molar-refractivity contribution in [2.45, 2.75) is 19.5 Å². The molecular weight excluding hydrogens is 459 g/mol. The summed E-state index contributed by atoms with van der Waals surface area (Å²) in [5.41, 5.74) is 1.89. The maximum atomic E-state index is 14.2. The molecule has 0 bridgehead atoms.